The normalized spacial score (nSPS) is 19.0. The Morgan fingerprint density at radius 2 is 2.07 bits per heavy atom. The lowest BCUT2D eigenvalue weighted by molar-refractivity contribution is -0.132. The lowest BCUT2D eigenvalue weighted by Gasteiger charge is -2.23. The second kappa shape index (κ2) is 12.2. The van der Waals surface area contributed by atoms with Gasteiger partial charge >= 0.3 is 11.9 Å². The molecule has 9 nitrogen and oxygen atoms in total. The van der Waals surface area contributed by atoms with E-state index >= 15 is 0 Å². The summed E-state index contributed by atoms with van der Waals surface area (Å²) in [6.45, 7) is 9.74. The van der Waals surface area contributed by atoms with Crippen molar-refractivity contribution in [3.8, 4) is 11.5 Å². The summed E-state index contributed by atoms with van der Waals surface area (Å²) in [5.41, 5.74) is 2.12. The molecule has 2 aromatic carbocycles. The van der Waals surface area contributed by atoms with E-state index in [-0.39, 0.29) is 34.1 Å². The van der Waals surface area contributed by atoms with Gasteiger partial charge in [0.05, 0.1) is 23.9 Å². The van der Waals surface area contributed by atoms with Crippen molar-refractivity contribution < 1.29 is 33.7 Å². The van der Waals surface area contributed by atoms with Crippen molar-refractivity contribution in [3.05, 3.63) is 88.0 Å². The molecule has 2 unspecified atom stereocenters. The van der Waals surface area contributed by atoms with E-state index in [1.54, 1.807) is 49.4 Å². The third-order valence-electron chi connectivity index (χ3n) is 7.06. The maximum atomic E-state index is 13.6. The number of Topliss-reactive ketones (excluding diaryl/α,β-unsaturated/α-hetero) is 1. The fourth-order valence-corrected chi connectivity index (χ4v) is 6.04. The summed E-state index contributed by atoms with van der Waals surface area (Å²) in [6.07, 6.45) is 3.94. The molecule has 218 valence electrons. The van der Waals surface area contributed by atoms with Crippen LogP contribution in [-0.2, 0) is 20.7 Å². The number of nitrogens with zero attached hydrogens (tertiary/aromatic N) is 2. The summed E-state index contributed by atoms with van der Waals surface area (Å²) >= 11 is 0.948. The predicted octanol–water partition coefficient (Wildman–Crippen LogP) is 5.92. The highest BCUT2D eigenvalue weighted by molar-refractivity contribution is 7.17. The van der Waals surface area contributed by atoms with Crippen molar-refractivity contribution in [1.82, 2.24) is 4.98 Å². The number of carbonyl (C=O) groups is 3. The zero-order chi connectivity index (χ0) is 30.0. The van der Waals surface area contributed by atoms with Crippen molar-refractivity contribution in [2.75, 3.05) is 18.1 Å². The van der Waals surface area contributed by atoms with E-state index in [4.69, 9.17) is 14.2 Å². The number of esters is 1. The lowest BCUT2D eigenvalue weighted by Crippen LogP contribution is -2.29. The number of unbranched alkanes of at least 4 members (excludes halogenated alkanes) is 1. The van der Waals surface area contributed by atoms with Gasteiger partial charge in [-0.3, -0.25) is 14.5 Å². The van der Waals surface area contributed by atoms with E-state index in [1.807, 2.05) is 6.92 Å². The summed E-state index contributed by atoms with van der Waals surface area (Å²) in [4.78, 5) is 45.9. The number of fused-ring (bicyclic) bond motifs is 1. The molecule has 2 atom stereocenters. The first-order valence-electron chi connectivity index (χ1n) is 13.8. The summed E-state index contributed by atoms with van der Waals surface area (Å²) in [5.74, 6) is -1.34. The summed E-state index contributed by atoms with van der Waals surface area (Å²) in [5, 5.41) is 11.7. The average Bonchev–Trinajstić information content (AvgIpc) is 3.63. The molecule has 2 aliphatic heterocycles. The molecule has 0 aliphatic carbocycles. The topological polar surface area (TPSA) is 115 Å². The molecule has 1 N–H and O–H groups in total. The minimum absolute atomic E-state index is 0.000988. The van der Waals surface area contributed by atoms with Gasteiger partial charge in [0.2, 0.25) is 0 Å². The monoisotopic (exact) mass is 588 g/mol. The van der Waals surface area contributed by atoms with E-state index in [2.05, 4.69) is 18.5 Å². The molecule has 0 saturated carbocycles. The standard InChI is InChI=1S/C32H32N2O7S/c1-5-7-14-39-23-10-8-9-20(17-23)26-25(27(35)21-11-12-24-22(16-21)15-18(3)41-24)28(36)30(37)34(26)32-33-19(4)29(42-32)31(38)40-13-6-2/h6,8-12,16-18,26,35H,2,5,7,13-15H2,1,3-4H3. The van der Waals surface area contributed by atoms with Gasteiger partial charge in [0.15, 0.2) is 5.13 Å². The quantitative estimate of drug-likeness (QED) is 0.0775. The van der Waals surface area contributed by atoms with Crippen molar-refractivity contribution >= 4 is 39.9 Å². The van der Waals surface area contributed by atoms with Gasteiger partial charge in [0, 0.05) is 12.0 Å². The number of ketones is 1. The second-order valence-corrected chi connectivity index (χ2v) is 11.2. The molecule has 5 rings (SSSR count). The van der Waals surface area contributed by atoms with E-state index in [0.717, 1.165) is 35.5 Å². The minimum Gasteiger partial charge on any atom is -0.507 e. The number of ether oxygens (including phenoxy) is 3. The molecule has 3 aromatic rings. The maximum Gasteiger partial charge on any atom is 0.350 e. The highest BCUT2D eigenvalue weighted by atomic mass is 32.1. The predicted molar refractivity (Wildman–Crippen MR) is 159 cm³/mol. The Morgan fingerprint density at radius 1 is 1.26 bits per heavy atom. The van der Waals surface area contributed by atoms with Crippen LogP contribution in [0.15, 0.2) is 60.7 Å². The zero-order valence-corrected chi connectivity index (χ0v) is 24.5. The molecule has 1 aromatic heterocycles. The van der Waals surface area contributed by atoms with Crippen LogP contribution in [0.3, 0.4) is 0 Å². The fraction of sp³-hybridized carbons (Fsp3) is 0.312. The molecule has 42 heavy (non-hydrogen) atoms. The smallest absolute Gasteiger partial charge is 0.350 e. The fourth-order valence-electron chi connectivity index (χ4n) is 5.05. The Labute approximate surface area is 248 Å². The minimum atomic E-state index is -1.02. The maximum absolute atomic E-state index is 13.6. The number of aromatic nitrogens is 1. The molecule has 0 spiro atoms. The summed E-state index contributed by atoms with van der Waals surface area (Å²) in [7, 11) is 0. The lowest BCUT2D eigenvalue weighted by atomic mass is 9.94. The first-order chi connectivity index (χ1) is 20.2. The van der Waals surface area contributed by atoms with Crippen LogP contribution >= 0.6 is 11.3 Å². The number of hydrogen-bond acceptors (Lipinski definition) is 9. The number of benzene rings is 2. The number of amides is 1. The molecule has 1 saturated heterocycles. The van der Waals surface area contributed by atoms with Gasteiger partial charge in [-0.2, -0.15) is 0 Å². The van der Waals surface area contributed by atoms with Crippen molar-refractivity contribution in [2.24, 2.45) is 0 Å². The molecular formula is C32H32N2O7S. The van der Waals surface area contributed by atoms with Gasteiger partial charge < -0.3 is 19.3 Å². The Balaban J connectivity index is 1.63. The van der Waals surface area contributed by atoms with Crippen LogP contribution in [0.4, 0.5) is 5.13 Å². The first kappa shape index (κ1) is 29.1. The molecule has 10 heteroatoms. The number of anilines is 1. The molecule has 0 bridgehead atoms. The highest BCUT2D eigenvalue weighted by Gasteiger charge is 2.48. The summed E-state index contributed by atoms with van der Waals surface area (Å²) in [6, 6.07) is 11.3. The van der Waals surface area contributed by atoms with Gasteiger partial charge in [-0.1, -0.05) is 49.5 Å². The third kappa shape index (κ3) is 5.54. The van der Waals surface area contributed by atoms with Gasteiger partial charge in [0.25, 0.3) is 5.78 Å². The van der Waals surface area contributed by atoms with Crippen LogP contribution in [0.5, 0.6) is 11.5 Å². The van der Waals surface area contributed by atoms with Crippen molar-refractivity contribution in [2.45, 2.75) is 52.2 Å². The number of aryl methyl sites for hydroxylation is 1. The Bertz CT molecular complexity index is 1590. The van der Waals surface area contributed by atoms with Gasteiger partial charge in [-0.15, -0.1) is 0 Å². The highest BCUT2D eigenvalue weighted by Crippen LogP contribution is 2.45. The van der Waals surface area contributed by atoms with E-state index < -0.39 is 23.7 Å². The van der Waals surface area contributed by atoms with Crippen LogP contribution in [-0.4, -0.2) is 47.1 Å². The summed E-state index contributed by atoms with van der Waals surface area (Å²) < 4.78 is 16.9. The number of aliphatic hydroxyl groups excluding tert-OH is 1. The molecule has 0 radical (unpaired) electrons. The van der Waals surface area contributed by atoms with Crippen molar-refractivity contribution in [3.63, 3.8) is 0 Å². The number of aliphatic hydroxyl groups is 1. The van der Waals surface area contributed by atoms with E-state index in [9.17, 15) is 19.5 Å². The van der Waals surface area contributed by atoms with E-state index in [1.165, 1.54) is 11.0 Å². The molecule has 1 fully saturated rings. The number of rotatable bonds is 10. The number of thiazole rings is 1. The van der Waals surface area contributed by atoms with Crippen LogP contribution in [0.25, 0.3) is 5.76 Å². The van der Waals surface area contributed by atoms with Crippen LogP contribution < -0.4 is 14.4 Å². The van der Waals surface area contributed by atoms with E-state index in [0.29, 0.717) is 35.6 Å². The second-order valence-electron chi connectivity index (χ2n) is 10.2. The molecule has 3 heterocycles. The largest absolute Gasteiger partial charge is 0.507 e. The SMILES string of the molecule is C=CCOC(=O)c1sc(N2C(=O)C(=O)C(=C(O)c3ccc4c(c3)CC(C)O4)C2c2cccc(OCCCC)c2)nc1C. The first-order valence-corrected chi connectivity index (χ1v) is 14.6. The Kier molecular flexibility index (Phi) is 8.44. The zero-order valence-electron chi connectivity index (χ0n) is 23.7. The average molecular weight is 589 g/mol. The number of hydrogen-bond donors (Lipinski definition) is 1. The molecule has 1 amide bonds. The van der Waals surface area contributed by atoms with Gasteiger partial charge in [-0.25, -0.2) is 9.78 Å². The van der Waals surface area contributed by atoms with Crippen LogP contribution in [0.1, 0.15) is 64.8 Å². The Hall–Kier alpha value is -4.44. The molecule has 2 aliphatic rings. The van der Waals surface area contributed by atoms with Crippen LogP contribution in [0.2, 0.25) is 0 Å². The third-order valence-corrected chi connectivity index (χ3v) is 8.20. The molecular weight excluding hydrogens is 556 g/mol. The van der Waals surface area contributed by atoms with Crippen LogP contribution in [0, 0.1) is 6.92 Å². The van der Waals surface area contributed by atoms with Gasteiger partial charge in [0.1, 0.15) is 34.8 Å². The van der Waals surface area contributed by atoms with Crippen molar-refractivity contribution in [1.29, 1.82) is 0 Å². The Morgan fingerprint density at radius 3 is 2.83 bits per heavy atom. The number of carbonyl (C=O) groups excluding carboxylic acids is 3. The van der Waals surface area contributed by atoms with Gasteiger partial charge in [-0.05, 0) is 61.7 Å².